The second-order valence-electron chi connectivity index (χ2n) is 7.53. The van der Waals surface area contributed by atoms with E-state index in [0.29, 0.717) is 38.5 Å². The van der Waals surface area contributed by atoms with Crippen molar-refractivity contribution < 1.29 is 4.79 Å². The lowest BCUT2D eigenvalue weighted by atomic mass is 10.0. The van der Waals surface area contributed by atoms with Crippen LogP contribution in [0.5, 0.6) is 0 Å². The number of halogens is 3. The zero-order chi connectivity index (χ0) is 22.7. The van der Waals surface area contributed by atoms with Gasteiger partial charge >= 0.3 is 0 Å². The highest BCUT2D eigenvalue weighted by Gasteiger charge is 2.21. The van der Waals surface area contributed by atoms with Crippen LogP contribution in [0.25, 0.3) is 28.2 Å². The molecule has 0 radical (unpaired) electrons. The van der Waals surface area contributed by atoms with Crippen molar-refractivity contribution in [3.05, 3.63) is 81.4 Å². The molecule has 0 saturated heterocycles. The van der Waals surface area contributed by atoms with Crippen LogP contribution in [0.3, 0.4) is 0 Å². The number of aromatic nitrogens is 2. The summed E-state index contributed by atoms with van der Waals surface area (Å²) in [5, 5.41) is 4.57. The first kappa shape index (κ1) is 22.7. The zero-order valence-corrected chi connectivity index (χ0v) is 19.8. The summed E-state index contributed by atoms with van der Waals surface area (Å²) in [5.74, 6) is -0.167. The van der Waals surface area contributed by atoms with Gasteiger partial charge in [0.15, 0.2) is 5.65 Å². The van der Waals surface area contributed by atoms with Crippen LogP contribution >= 0.6 is 34.8 Å². The van der Waals surface area contributed by atoms with Gasteiger partial charge in [-0.25, -0.2) is 4.98 Å². The molecule has 0 saturated carbocycles. The van der Waals surface area contributed by atoms with Crippen molar-refractivity contribution in [3.8, 4) is 22.5 Å². The monoisotopic (exact) mass is 485 g/mol. The third-order valence-corrected chi connectivity index (χ3v) is 6.11. The fourth-order valence-electron chi connectivity index (χ4n) is 3.63. The van der Waals surface area contributed by atoms with Crippen molar-refractivity contribution in [1.29, 1.82) is 0 Å². The van der Waals surface area contributed by atoms with Crippen LogP contribution in [0.1, 0.15) is 36.5 Å². The Labute approximate surface area is 202 Å². The van der Waals surface area contributed by atoms with Gasteiger partial charge in [0.25, 0.3) is 5.91 Å². The van der Waals surface area contributed by atoms with Gasteiger partial charge in [-0.2, -0.15) is 0 Å². The fraction of sp³-hybridized carbons (Fsp3) is 0.200. The van der Waals surface area contributed by atoms with Crippen LogP contribution in [0, 0.1) is 0 Å². The first-order valence-electron chi connectivity index (χ1n) is 10.5. The highest BCUT2D eigenvalue weighted by Crippen LogP contribution is 2.38. The summed E-state index contributed by atoms with van der Waals surface area (Å²) in [7, 11) is 0. The average molecular weight is 487 g/mol. The molecule has 1 N–H and O–H groups in total. The number of nitrogens with one attached hydrogen (secondary N) is 1. The predicted octanol–water partition coefficient (Wildman–Crippen LogP) is 7.55. The van der Waals surface area contributed by atoms with E-state index in [1.54, 1.807) is 12.3 Å². The predicted molar refractivity (Wildman–Crippen MR) is 133 cm³/mol. The second kappa shape index (κ2) is 9.95. The summed E-state index contributed by atoms with van der Waals surface area (Å²) in [6.45, 7) is 2.75. The minimum atomic E-state index is -0.167. The molecule has 2 aromatic heterocycles. The number of benzene rings is 2. The average Bonchev–Trinajstić information content (AvgIpc) is 3.17. The molecule has 0 bridgehead atoms. The van der Waals surface area contributed by atoms with Crippen LogP contribution in [0.4, 0.5) is 0 Å². The summed E-state index contributed by atoms with van der Waals surface area (Å²) in [4.78, 5) is 17.6. The van der Waals surface area contributed by atoms with E-state index in [0.717, 1.165) is 36.1 Å². The third-order valence-electron chi connectivity index (χ3n) is 5.25. The lowest BCUT2D eigenvalue weighted by Gasteiger charge is -2.10. The molecular formula is C25H22Cl3N3O. The number of unbranched alkanes of at least 4 members (excludes halogenated alkanes) is 2. The Morgan fingerprint density at radius 1 is 1.00 bits per heavy atom. The van der Waals surface area contributed by atoms with Crippen LogP contribution in [-0.2, 0) is 0 Å². The van der Waals surface area contributed by atoms with Gasteiger partial charge in [0, 0.05) is 28.9 Å². The maximum absolute atomic E-state index is 12.8. The van der Waals surface area contributed by atoms with Crippen molar-refractivity contribution in [3.63, 3.8) is 0 Å². The molecule has 32 heavy (non-hydrogen) atoms. The van der Waals surface area contributed by atoms with Crippen LogP contribution < -0.4 is 5.32 Å². The number of amides is 1. The van der Waals surface area contributed by atoms with Crippen molar-refractivity contribution in [2.24, 2.45) is 0 Å². The van der Waals surface area contributed by atoms with Crippen LogP contribution in [0.2, 0.25) is 15.1 Å². The Kier molecular flexibility index (Phi) is 7.04. The van der Waals surface area contributed by atoms with Gasteiger partial charge in [-0.15, -0.1) is 0 Å². The summed E-state index contributed by atoms with van der Waals surface area (Å²) < 4.78 is 1.85. The Morgan fingerprint density at radius 2 is 1.75 bits per heavy atom. The standard InChI is InChI=1S/C25H22Cl3N3O/c1-2-3-6-13-29-25(32)17-14-21(28)24-30-22(19-7-4-5-8-20(19)27)23(31(24)15-17)16-9-11-18(26)12-10-16/h4-5,7-12,14-15H,2-3,6,13H2,1H3,(H,29,32). The van der Waals surface area contributed by atoms with Gasteiger partial charge in [-0.3, -0.25) is 9.20 Å². The number of carbonyl (C=O) groups excluding carboxylic acids is 1. The number of fused-ring (bicyclic) bond motifs is 1. The van der Waals surface area contributed by atoms with E-state index in [1.807, 2.05) is 52.9 Å². The van der Waals surface area contributed by atoms with Crippen LogP contribution in [-0.4, -0.2) is 21.8 Å². The normalized spacial score (nSPS) is 11.1. The lowest BCUT2D eigenvalue weighted by Crippen LogP contribution is -2.24. The van der Waals surface area contributed by atoms with E-state index in [1.165, 1.54) is 0 Å². The molecule has 4 aromatic rings. The van der Waals surface area contributed by atoms with Crippen molar-refractivity contribution in [2.45, 2.75) is 26.2 Å². The number of hydrogen-bond donors (Lipinski definition) is 1. The maximum atomic E-state index is 12.8. The molecule has 4 rings (SSSR count). The van der Waals surface area contributed by atoms with E-state index >= 15 is 0 Å². The largest absolute Gasteiger partial charge is 0.352 e. The Balaban J connectivity index is 1.88. The summed E-state index contributed by atoms with van der Waals surface area (Å²) in [6, 6.07) is 16.6. The first-order valence-corrected chi connectivity index (χ1v) is 11.6. The number of carbonyl (C=O) groups is 1. The summed E-state index contributed by atoms with van der Waals surface area (Å²) in [5.41, 5.74) is 4.15. The lowest BCUT2D eigenvalue weighted by molar-refractivity contribution is 0.0952. The first-order chi connectivity index (χ1) is 15.5. The summed E-state index contributed by atoms with van der Waals surface area (Å²) >= 11 is 19.2. The van der Waals surface area contributed by atoms with Crippen LogP contribution in [0.15, 0.2) is 60.8 Å². The zero-order valence-electron chi connectivity index (χ0n) is 17.5. The van der Waals surface area contributed by atoms with Gasteiger partial charge in [0.1, 0.15) is 0 Å². The molecule has 0 unspecified atom stereocenters. The van der Waals surface area contributed by atoms with Gasteiger partial charge in [-0.05, 0) is 30.7 Å². The Hall–Kier alpha value is -2.53. The highest BCUT2D eigenvalue weighted by atomic mass is 35.5. The molecule has 2 aromatic carbocycles. The molecular weight excluding hydrogens is 465 g/mol. The van der Waals surface area contributed by atoms with E-state index in [4.69, 9.17) is 39.8 Å². The molecule has 0 spiro atoms. The van der Waals surface area contributed by atoms with E-state index in [9.17, 15) is 4.79 Å². The Morgan fingerprint density at radius 3 is 2.47 bits per heavy atom. The van der Waals surface area contributed by atoms with Gasteiger partial charge in [0.2, 0.25) is 0 Å². The molecule has 4 nitrogen and oxygen atoms in total. The number of hydrogen-bond acceptors (Lipinski definition) is 2. The van der Waals surface area contributed by atoms with Crippen molar-refractivity contribution in [1.82, 2.24) is 14.7 Å². The van der Waals surface area contributed by atoms with E-state index in [2.05, 4.69) is 12.2 Å². The number of nitrogens with zero attached hydrogens (tertiary/aromatic N) is 2. The fourth-order valence-corrected chi connectivity index (χ4v) is 4.23. The molecule has 164 valence electrons. The van der Waals surface area contributed by atoms with Gasteiger partial charge in [0.05, 0.1) is 27.0 Å². The quantitative estimate of drug-likeness (QED) is 0.274. The molecule has 0 fully saturated rings. The smallest absolute Gasteiger partial charge is 0.252 e. The highest BCUT2D eigenvalue weighted by molar-refractivity contribution is 6.34. The topological polar surface area (TPSA) is 46.4 Å². The summed E-state index contributed by atoms with van der Waals surface area (Å²) in [6.07, 6.45) is 4.88. The molecule has 0 aliphatic rings. The molecule has 7 heteroatoms. The number of pyridine rings is 1. The SMILES string of the molecule is CCCCCNC(=O)c1cc(Cl)c2nc(-c3ccccc3Cl)c(-c3ccc(Cl)cc3)n2c1. The minimum absolute atomic E-state index is 0.167. The van der Waals surface area contributed by atoms with Crippen molar-refractivity contribution in [2.75, 3.05) is 6.54 Å². The van der Waals surface area contributed by atoms with Gasteiger partial charge < -0.3 is 5.32 Å². The van der Waals surface area contributed by atoms with E-state index in [-0.39, 0.29) is 5.91 Å². The molecule has 0 aliphatic carbocycles. The molecule has 1 amide bonds. The molecule has 0 aliphatic heterocycles. The maximum Gasteiger partial charge on any atom is 0.252 e. The minimum Gasteiger partial charge on any atom is -0.352 e. The molecule has 0 atom stereocenters. The number of rotatable bonds is 7. The Bertz CT molecular complexity index is 1270. The van der Waals surface area contributed by atoms with Crippen molar-refractivity contribution >= 4 is 46.4 Å². The third kappa shape index (κ3) is 4.63. The van der Waals surface area contributed by atoms with E-state index < -0.39 is 0 Å². The molecule has 2 heterocycles. The number of imidazole rings is 1. The van der Waals surface area contributed by atoms with Gasteiger partial charge in [-0.1, -0.05) is 84.9 Å². The second-order valence-corrected chi connectivity index (χ2v) is 8.78.